The third-order valence-electron chi connectivity index (χ3n) is 12.5. The van der Waals surface area contributed by atoms with E-state index in [9.17, 15) is 9.90 Å². The highest BCUT2D eigenvalue weighted by Gasteiger charge is 2.71. The minimum atomic E-state index is -0.188. The van der Waals surface area contributed by atoms with Crippen molar-refractivity contribution in [2.75, 3.05) is 6.61 Å². The molecule has 0 spiro atoms. The van der Waals surface area contributed by atoms with E-state index >= 15 is 0 Å². The molecule has 0 aromatic rings. The number of aliphatic hydroxyl groups is 1. The van der Waals surface area contributed by atoms with Gasteiger partial charge in [-0.3, -0.25) is 4.79 Å². The van der Waals surface area contributed by atoms with Gasteiger partial charge in [0.25, 0.3) is 0 Å². The second kappa shape index (κ2) is 7.42. The Bertz CT molecular complexity index is 849. The molecular formula is C30H48O3. The van der Waals surface area contributed by atoms with E-state index in [2.05, 4.69) is 34.6 Å². The number of carbonyl (C=O) groups excluding carboxylic acids is 1. The van der Waals surface area contributed by atoms with Gasteiger partial charge in [0.1, 0.15) is 5.60 Å². The van der Waals surface area contributed by atoms with E-state index in [-0.39, 0.29) is 22.9 Å². The molecule has 186 valence electrons. The SMILES string of the molecule is CC(C)=CC(=O)C[C@@]1([C@H]2CC[C@]3(C)[C@@H]2CC[C@@H]2[C@@]4(C)CC[C@H](O)C(C)(C)[C@H]4CC[C@]23C)CO1. The molecule has 3 heteroatoms. The van der Waals surface area contributed by atoms with E-state index in [0.29, 0.717) is 40.4 Å². The number of fused-ring (bicyclic) bond motifs is 5. The molecule has 1 aliphatic heterocycles. The summed E-state index contributed by atoms with van der Waals surface area (Å²) in [5.41, 5.74) is 1.91. The lowest BCUT2D eigenvalue weighted by molar-refractivity contribution is -0.222. The summed E-state index contributed by atoms with van der Waals surface area (Å²) in [7, 11) is 0. The molecule has 0 unspecified atom stereocenters. The van der Waals surface area contributed by atoms with Crippen molar-refractivity contribution < 1.29 is 14.6 Å². The Labute approximate surface area is 202 Å². The topological polar surface area (TPSA) is 49.8 Å². The highest BCUT2D eigenvalue weighted by Crippen LogP contribution is 2.76. The minimum absolute atomic E-state index is 0.0154. The van der Waals surface area contributed by atoms with Gasteiger partial charge in [0.2, 0.25) is 0 Å². The van der Waals surface area contributed by atoms with Crippen molar-refractivity contribution >= 4 is 5.78 Å². The van der Waals surface area contributed by atoms with E-state index in [4.69, 9.17) is 4.74 Å². The summed E-state index contributed by atoms with van der Waals surface area (Å²) >= 11 is 0. The van der Waals surface area contributed by atoms with Gasteiger partial charge >= 0.3 is 0 Å². The maximum absolute atomic E-state index is 12.7. The van der Waals surface area contributed by atoms with Crippen LogP contribution in [-0.4, -0.2) is 29.2 Å². The maximum atomic E-state index is 12.7. The molecule has 0 aromatic heterocycles. The molecule has 5 fully saturated rings. The zero-order chi connectivity index (χ0) is 24.0. The van der Waals surface area contributed by atoms with Gasteiger partial charge in [-0.05, 0) is 117 Å². The predicted octanol–water partition coefficient (Wildman–Crippen LogP) is 6.73. The van der Waals surface area contributed by atoms with Crippen molar-refractivity contribution in [1.82, 2.24) is 0 Å². The quantitative estimate of drug-likeness (QED) is 0.377. The fraction of sp³-hybridized carbons (Fsp3) is 0.900. The normalized spacial score (nSPS) is 52.3. The Morgan fingerprint density at radius 2 is 1.55 bits per heavy atom. The fourth-order valence-corrected chi connectivity index (χ4v) is 10.6. The van der Waals surface area contributed by atoms with Gasteiger partial charge in [-0.1, -0.05) is 40.2 Å². The summed E-state index contributed by atoms with van der Waals surface area (Å²) in [6.45, 7) is 17.3. The lowest BCUT2D eigenvalue weighted by Crippen LogP contribution is -2.64. The largest absolute Gasteiger partial charge is 0.393 e. The van der Waals surface area contributed by atoms with Crippen LogP contribution in [0.25, 0.3) is 0 Å². The molecule has 5 rings (SSSR count). The number of hydrogen-bond acceptors (Lipinski definition) is 3. The average Bonchev–Trinajstić information content (AvgIpc) is 3.38. The molecule has 0 radical (unpaired) electrons. The number of ether oxygens (including phenoxy) is 1. The zero-order valence-corrected chi connectivity index (χ0v) is 22.3. The van der Waals surface area contributed by atoms with Crippen molar-refractivity contribution in [1.29, 1.82) is 0 Å². The molecule has 4 aliphatic carbocycles. The Morgan fingerprint density at radius 3 is 2.18 bits per heavy atom. The Balaban J connectivity index is 1.43. The summed E-state index contributed by atoms with van der Waals surface area (Å²) in [6.07, 6.45) is 12.0. The van der Waals surface area contributed by atoms with Gasteiger partial charge in [-0.15, -0.1) is 0 Å². The van der Waals surface area contributed by atoms with Crippen molar-refractivity contribution in [3.8, 4) is 0 Å². The van der Waals surface area contributed by atoms with Crippen molar-refractivity contribution in [3.05, 3.63) is 11.6 Å². The highest BCUT2D eigenvalue weighted by molar-refractivity contribution is 5.91. The molecule has 1 N–H and O–H groups in total. The number of epoxide rings is 1. The molecule has 33 heavy (non-hydrogen) atoms. The van der Waals surface area contributed by atoms with Crippen LogP contribution in [0.4, 0.5) is 0 Å². The first-order valence-electron chi connectivity index (χ1n) is 13.8. The number of ketones is 1. The first-order valence-corrected chi connectivity index (χ1v) is 13.8. The van der Waals surface area contributed by atoms with Gasteiger partial charge in [0.15, 0.2) is 5.78 Å². The highest BCUT2D eigenvalue weighted by atomic mass is 16.6. The Kier molecular flexibility index (Phi) is 5.40. The van der Waals surface area contributed by atoms with Crippen molar-refractivity contribution in [3.63, 3.8) is 0 Å². The van der Waals surface area contributed by atoms with Crippen LogP contribution in [0, 0.1) is 45.3 Å². The van der Waals surface area contributed by atoms with E-state index in [1.165, 1.54) is 44.9 Å². The van der Waals surface area contributed by atoms with Crippen LogP contribution < -0.4 is 0 Å². The maximum Gasteiger partial charge on any atom is 0.158 e. The van der Waals surface area contributed by atoms with Gasteiger partial charge in [0.05, 0.1) is 12.7 Å². The van der Waals surface area contributed by atoms with Gasteiger partial charge in [-0.2, -0.15) is 0 Å². The van der Waals surface area contributed by atoms with Crippen LogP contribution in [0.3, 0.4) is 0 Å². The molecule has 0 aromatic carbocycles. The van der Waals surface area contributed by atoms with Crippen LogP contribution in [0.2, 0.25) is 0 Å². The molecule has 9 atom stereocenters. The smallest absolute Gasteiger partial charge is 0.158 e. The Morgan fingerprint density at radius 1 is 0.879 bits per heavy atom. The van der Waals surface area contributed by atoms with Gasteiger partial charge in [-0.25, -0.2) is 0 Å². The number of aliphatic hydroxyl groups excluding tert-OH is 1. The standard InChI is InChI=1S/C30H48O3/c1-19(2)16-20(31)17-30(18-33-30)22-10-14-28(6)21(22)8-9-24-27(5)13-12-25(32)26(3,4)23(27)11-15-29(24,28)7/h16,21-25,32H,8-15,17-18H2,1-7H3/t21-,22+,23-,24-,25+,27+,28-,29-,30+/m1/s1. The average molecular weight is 457 g/mol. The molecule has 0 bridgehead atoms. The number of allylic oxidation sites excluding steroid dienone is 2. The van der Waals surface area contributed by atoms with Crippen LogP contribution in [0.1, 0.15) is 106 Å². The van der Waals surface area contributed by atoms with Gasteiger partial charge in [0, 0.05) is 6.42 Å². The molecule has 5 aliphatic rings. The fourth-order valence-electron chi connectivity index (χ4n) is 10.6. The molecule has 3 nitrogen and oxygen atoms in total. The van der Waals surface area contributed by atoms with E-state index in [1.54, 1.807) is 0 Å². The van der Waals surface area contributed by atoms with E-state index in [1.807, 2.05) is 19.9 Å². The van der Waals surface area contributed by atoms with E-state index < -0.39 is 0 Å². The summed E-state index contributed by atoms with van der Waals surface area (Å²) in [5, 5.41) is 10.9. The first-order chi connectivity index (χ1) is 15.3. The third kappa shape index (κ3) is 3.23. The van der Waals surface area contributed by atoms with Gasteiger partial charge < -0.3 is 9.84 Å². The third-order valence-corrected chi connectivity index (χ3v) is 12.5. The molecular weight excluding hydrogens is 408 g/mol. The van der Waals surface area contributed by atoms with Crippen LogP contribution in [0.5, 0.6) is 0 Å². The number of hydrogen-bond donors (Lipinski definition) is 1. The summed E-state index contributed by atoms with van der Waals surface area (Å²) in [6, 6.07) is 0. The predicted molar refractivity (Wildman–Crippen MR) is 133 cm³/mol. The molecule has 1 heterocycles. The summed E-state index contributed by atoms with van der Waals surface area (Å²) in [4.78, 5) is 12.7. The first kappa shape index (κ1) is 24.0. The second-order valence-electron chi connectivity index (χ2n) is 14.4. The monoisotopic (exact) mass is 456 g/mol. The van der Waals surface area contributed by atoms with E-state index in [0.717, 1.165) is 24.5 Å². The van der Waals surface area contributed by atoms with Crippen LogP contribution in [0.15, 0.2) is 11.6 Å². The molecule has 1 saturated heterocycles. The van der Waals surface area contributed by atoms with Crippen molar-refractivity contribution in [2.45, 2.75) is 118 Å². The molecule has 4 saturated carbocycles. The van der Waals surface area contributed by atoms with Crippen LogP contribution >= 0.6 is 0 Å². The zero-order valence-electron chi connectivity index (χ0n) is 22.3. The summed E-state index contributed by atoms with van der Waals surface area (Å²) < 4.78 is 6.16. The minimum Gasteiger partial charge on any atom is -0.393 e. The molecule has 0 amide bonds. The summed E-state index contributed by atoms with van der Waals surface area (Å²) in [5.74, 6) is 2.80. The van der Waals surface area contributed by atoms with Crippen LogP contribution in [-0.2, 0) is 9.53 Å². The lowest BCUT2D eigenvalue weighted by atomic mass is 9.35. The lowest BCUT2D eigenvalue weighted by Gasteiger charge is -2.69. The second-order valence-corrected chi connectivity index (χ2v) is 14.4. The number of carbonyl (C=O) groups is 1. The number of rotatable bonds is 4. The van der Waals surface area contributed by atoms with Crippen molar-refractivity contribution in [2.24, 2.45) is 45.3 Å². The Hall–Kier alpha value is -0.670.